The molecule has 29 heavy (non-hydrogen) atoms. The van der Waals surface area contributed by atoms with E-state index >= 15 is 0 Å². The van der Waals surface area contributed by atoms with Crippen LogP contribution in [0, 0.1) is 17.8 Å². The number of esters is 1. The molecule has 1 heterocycles. The number of carbonyl (C=O) groups is 1. The minimum atomic E-state index is -0.0917. The molecule has 0 aromatic heterocycles. The molecule has 2 aromatic rings. The van der Waals surface area contributed by atoms with E-state index in [0.717, 1.165) is 23.3 Å². The zero-order valence-corrected chi connectivity index (χ0v) is 16.8. The maximum atomic E-state index is 11.8. The topological polar surface area (TPSA) is 54.0 Å². The molecule has 1 saturated heterocycles. The summed E-state index contributed by atoms with van der Waals surface area (Å²) >= 11 is 0. The Morgan fingerprint density at radius 2 is 1.76 bits per heavy atom. The van der Waals surface area contributed by atoms with Gasteiger partial charge in [-0.25, -0.2) is 0 Å². The third-order valence-electron chi connectivity index (χ3n) is 6.08. The number of ether oxygens (including phenoxy) is 4. The molecule has 0 N–H and O–H groups in total. The van der Waals surface area contributed by atoms with Gasteiger partial charge in [0.1, 0.15) is 5.75 Å². The van der Waals surface area contributed by atoms with Gasteiger partial charge in [-0.3, -0.25) is 4.79 Å². The van der Waals surface area contributed by atoms with Gasteiger partial charge >= 0.3 is 5.97 Å². The number of rotatable bonds is 8. The monoisotopic (exact) mass is 396 g/mol. The molecule has 0 spiro atoms. The van der Waals surface area contributed by atoms with Gasteiger partial charge < -0.3 is 18.9 Å². The fraction of sp³-hybridized carbons (Fsp3) is 0.458. The van der Waals surface area contributed by atoms with Crippen molar-refractivity contribution in [2.45, 2.75) is 32.2 Å². The molecule has 2 fully saturated rings. The van der Waals surface area contributed by atoms with E-state index in [-0.39, 0.29) is 18.0 Å². The van der Waals surface area contributed by atoms with Gasteiger partial charge in [-0.15, -0.1) is 0 Å². The van der Waals surface area contributed by atoms with Gasteiger partial charge in [0.25, 0.3) is 0 Å². The summed E-state index contributed by atoms with van der Waals surface area (Å²) in [7, 11) is 1.66. The summed E-state index contributed by atoms with van der Waals surface area (Å²) in [5.74, 6) is 1.61. The van der Waals surface area contributed by atoms with Crippen LogP contribution >= 0.6 is 0 Å². The predicted molar refractivity (Wildman–Crippen MR) is 108 cm³/mol. The summed E-state index contributed by atoms with van der Waals surface area (Å²) in [6.07, 6.45) is 1.44. The van der Waals surface area contributed by atoms with Crippen LogP contribution in [-0.4, -0.2) is 32.4 Å². The lowest BCUT2D eigenvalue weighted by molar-refractivity contribution is -0.153. The summed E-state index contributed by atoms with van der Waals surface area (Å²) in [5.41, 5.74) is 2.27. The molecular formula is C24H28O5. The van der Waals surface area contributed by atoms with Crippen molar-refractivity contribution in [3.8, 4) is 5.75 Å². The Morgan fingerprint density at radius 3 is 2.52 bits per heavy atom. The second kappa shape index (κ2) is 9.42. The van der Waals surface area contributed by atoms with Crippen molar-refractivity contribution in [3.05, 3.63) is 65.7 Å². The van der Waals surface area contributed by atoms with Crippen LogP contribution in [-0.2, 0) is 32.2 Å². The maximum absolute atomic E-state index is 11.8. The van der Waals surface area contributed by atoms with Gasteiger partial charge in [-0.2, -0.15) is 0 Å². The molecule has 1 aliphatic carbocycles. The van der Waals surface area contributed by atoms with Crippen molar-refractivity contribution in [1.29, 1.82) is 0 Å². The van der Waals surface area contributed by atoms with Crippen molar-refractivity contribution >= 4 is 5.97 Å². The summed E-state index contributed by atoms with van der Waals surface area (Å²) in [4.78, 5) is 11.8. The summed E-state index contributed by atoms with van der Waals surface area (Å²) in [6, 6.07) is 18.1. The van der Waals surface area contributed by atoms with Crippen molar-refractivity contribution in [2.24, 2.45) is 17.8 Å². The summed E-state index contributed by atoms with van der Waals surface area (Å²) in [5, 5.41) is 0. The SMILES string of the molecule is COc1ccc(CO[C@H]2C[C@@H]3CC(=O)OC[C@@H]3[C@H]2COCc2ccccc2)cc1. The Hall–Kier alpha value is -2.37. The highest BCUT2D eigenvalue weighted by Gasteiger charge is 2.47. The van der Waals surface area contributed by atoms with Crippen molar-refractivity contribution in [2.75, 3.05) is 20.3 Å². The van der Waals surface area contributed by atoms with Gasteiger partial charge in [-0.05, 0) is 35.6 Å². The Labute approximate surface area is 171 Å². The minimum absolute atomic E-state index is 0.0670. The van der Waals surface area contributed by atoms with Crippen LogP contribution in [0.2, 0.25) is 0 Å². The molecule has 0 bridgehead atoms. The lowest BCUT2D eigenvalue weighted by atomic mass is 9.86. The van der Waals surface area contributed by atoms with E-state index in [0.29, 0.717) is 44.7 Å². The van der Waals surface area contributed by atoms with Gasteiger partial charge in [0.05, 0.1) is 39.6 Å². The normalized spacial score (nSPS) is 26.0. The average Bonchev–Trinajstić information content (AvgIpc) is 3.10. The minimum Gasteiger partial charge on any atom is -0.497 e. The fourth-order valence-electron chi connectivity index (χ4n) is 4.46. The van der Waals surface area contributed by atoms with Gasteiger partial charge in [-0.1, -0.05) is 42.5 Å². The molecule has 4 rings (SSSR count). The Kier molecular flexibility index (Phi) is 6.47. The second-order valence-corrected chi connectivity index (χ2v) is 7.91. The molecule has 4 atom stereocenters. The number of hydrogen-bond acceptors (Lipinski definition) is 5. The highest BCUT2D eigenvalue weighted by molar-refractivity contribution is 5.70. The average molecular weight is 396 g/mol. The molecule has 154 valence electrons. The number of methoxy groups -OCH3 is 1. The van der Waals surface area contributed by atoms with E-state index in [1.807, 2.05) is 42.5 Å². The molecule has 2 aromatic carbocycles. The van der Waals surface area contributed by atoms with Gasteiger partial charge in [0.2, 0.25) is 0 Å². The second-order valence-electron chi connectivity index (χ2n) is 7.91. The maximum Gasteiger partial charge on any atom is 0.306 e. The van der Waals surface area contributed by atoms with E-state index in [2.05, 4.69) is 12.1 Å². The lowest BCUT2D eigenvalue weighted by Gasteiger charge is -2.29. The molecule has 2 aliphatic rings. The molecule has 5 heteroatoms. The van der Waals surface area contributed by atoms with Crippen LogP contribution in [0.3, 0.4) is 0 Å². The number of fused-ring (bicyclic) bond motifs is 1. The smallest absolute Gasteiger partial charge is 0.306 e. The van der Waals surface area contributed by atoms with Crippen molar-refractivity contribution in [3.63, 3.8) is 0 Å². The zero-order valence-electron chi connectivity index (χ0n) is 16.8. The van der Waals surface area contributed by atoms with Gasteiger partial charge in [0, 0.05) is 18.3 Å². The number of hydrogen-bond donors (Lipinski definition) is 0. The van der Waals surface area contributed by atoms with Crippen LogP contribution in [0.4, 0.5) is 0 Å². The first-order chi connectivity index (χ1) is 14.2. The van der Waals surface area contributed by atoms with E-state index in [9.17, 15) is 4.79 Å². The summed E-state index contributed by atoms with van der Waals surface area (Å²) in [6.45, 7) is 2.21. The van der Waals surface area contributed by atoms with Gasteiger partial charge in [0.15, 0.2) is 0 Å². The molecule has 0 radical (unpaired) electrons. The van der Waals surface area contributed by atoms with Crippen molar-refractivity contribution in [1.82, 2.24) is 0 Å². The van der Waals surface area contributed by atoms with Crippen LogP contribution in [0.15, 0.2) is 54.6 Å². The zero-order chi connectivity index (χ0) is 20.1. The quantitative estimate of drug-likeness (QED) is 0.632. The lowest BCUT2D eigenvalue weighted by Crippen LogP contribution is -2.34. The number of benzene rings is 2. The van der Waals surface area contributed by atoms with E-state index in [1.165, 1.54) is 0 Å². The first kappa shape index (κ1) is 19.9. The van der Waals surface area contributed by atoms with E-state index in [1.54, 1.807) is 7.11 Å². The fourth-order valence-corrected chi connectivity index (χ4v) is 4.46. The molecule has 1 aliphatic heterocycles. The van der Waals surface area contributed by atoms with Crippen molar-refractivity contribution < 1.29 is 23.7 Å². The Bertz CT molecular complexity index is 789. The molecule has 0 amide bonds. The van der Waals surface area contributed by atoms with Crippen LogP contribution in [0.1, 0.15) is 24.0 Å². The Balaban J connectivity index is 1.37. The van der Waals surface area contributed by atoms with Crippen LogP contribution < -0.4 is 4.74 Å². The highest BCUT2D eigenvalue weighted by atomic mass is 16.5. The molecule has 0 unspecified atom stereocenters. The summed E-state index contributed by atoms with van der Waals surface area (Å²) < 4.78 is 22.9. The van der Waals surface area contributed by atoms with E-state index in [4.69, 9.17) is 18.9 Å². The van der Waals surface area contributed by atoms with Crippen LogP contribution in [0.25, 0.3) is 0 Å². The molecule has 5 nitrogen and oxygen atoms in total. The predicted octanol–water partition coefficient (Wildman–Crippen LogP) is 4.00. The highest BCUT2D eigenvalue weighted by Crippen LogP contribution is 2.44. The van der Waals surface area contributed by atoms with E-state index < -0.39 is 0 Å². The Morgan fingerprint density at radius 1 is 1.00 bits per heavy atom. The van der Waals surface area contributed by atoms with Crippen LogP contribution in [0.5, 0.6) is 5.75 Å². The third kappa shape index (κ3) is 4.98. The number of carbonyl (C=O) groups excluding carboxylic acids is 1. The molecular weight excluding hydrogens is 368 g/mol. The standard InChI is InChI=1S/C24H28O5/c1-26-20-9-7-18(8-10-20)14-28-23-11-19-12-24(25)29-16-21(19)22(23)15-27-13-17-5-3-2-4-6-17/h2-10,19,21-23H,11-16H2,1H3/t19-,21+,22-,23+/m1/s1. The third-order valence-corrected chi connectivity index (χ3v) is 6.08. The first-order valence-corrected chi connectivity index (χ1v) is 10.2. The largest absolute Gasteiger partial charge is 0.497 e. The number of cyclic esters (lactones) is 1. The molecule has 1 saturated carbocycles. The first-order valence-electron chi connectivity index (χ1n) is 10.2.